The first kappa shape index (κ1) is 26.5. The standard InChI is InChI=1S/C27H26O9S/c1-18-13-15-21(16-14-18)37(30,31)36-22-17-33-27(32-2)24(35-26(29)20-11-7-4-8-12-20)23(22)34-25(28)19-9-5-3-6-10-19/h3-16,22-24,27H,17H2,1-2H3/t22-,23+,24+,27+/m0/s1. The van der Waals surface area contributed by atoms with Crippen LogP contribution in [0.3, 0.4) is 0 Å². The molecule has 0 bridgehead atoms. The topological polar surface area (TPSA) is 114 Å². The van der Waals surface area contributed by atoms with E-state index in [9.17, 15) is 18.0 Å². The molecule has 0 amide bonds. The average molecular weight is 527 g/mol. The Labute approximate surface area is 215 Å². The summed E-state index contributed by atoms with van der Waals surface area (Å²) < 4.78 is 53.9. The molecular formula is C27H26O9S. The van der Waals surface area contributed by atoms with Crippen LogP contribution in [-0.4, -0.2) is 58.7 Å². The fourth-order valence-corrected chi connectivity index (χ4v) is 4.82. The Morgan fingerprint density at radius 1 is 0.784 bits per heavy atom. The third-order valence-corrected chi connectivity index (χ3v) is 7.03. The third kappa shape index (κ3) is 6.41. The molecule has 0 spiro atoms. The van der Waals surface area contributed by atoms with E-state index >= 15 is 0 Å². The number of rotatable bonds is 8. The number of methoxy groups -OCH3 is 1. The van der Waals surface area contributed by atoms with Gasteiger partial charge in [-0.3, -0.25) is 4.18 Å². The number of esters is 2. The lowest BCUT2D eigenvalue weighted by Crippen LogP contribution is -2.58. The average Bonchev–Trinajstić information content (AvgIpc) is 2.91. The number of hydrogen-bond donors (Lipinski definition) is 0. The van der Waals surface area contributed by atoms with E-state index in [0.29, 0.717) is 0 Å². The lowest BCUT2D eigenvalue weighted by Gasteiger charge is -2.39. The maximum atomic E-state index is 13.1. The summed E-state index contributed by atoms with van der Waals surface area (Å²) in [6, 6.07) is 22.4. The molecule has 1 fully saturated rings. The Balaban J connectivity index is 1.66. The lowest BCUT2D eigenvalue weighted by molar-refractivity contribution is -0.256. The Kier molecular flexibility index (Phi) is 8.34. The minimum atomic E-state index is -4.29. The molecular weight excluding hydrogens is 500 g/mol. The molecule has 1 heterocycles. The first-order valence-corrected chi connectivity index (χ1v) is 12.9. The van der Waals surface area contributed by atoms with Crippen LogP contribution in [-0.2, 0) is 33.2 Å². The zero-order valence-electron chi connectivity index (χ0n) is 20.2. The molecule has 4 rings (SSSR count). The van der Waals surface area contributed by atoms with E-state index in [1.165, 1.54) is 19.2 Å². The zero-order valence-corrected chi connectivity index (χ0v) is 21.0. The van der Waals surface area contributed by atoms with Gasteiger partial charge in [0.1, 0.15) is 6.10 Å². The van der Waals surface area contributed by atoms with Gasteiger partial charge in [0, 0.05) is 7.11 Å². The molecule has 1 aliphatic rings. The molecule has 37 heavy (non-hydrogen) atoms. The number of carbonyl (C=O) groups excluding carboxylic acids is 2. The lowest BCUT2D eigenvalue weighted by atomic mass is 10.0. The van der Waals surface area contributed by atoms with Crippen molar-refractivity contribution in [3.8, 4) is 0 Å². The van der Waals surface area contributed by atoms with Crippen molar-refractivity contribution < 1.29 is 41.1 Å². The molecule has 0 saturated carbocycles. The van der Waals surface area contributed by atoms with Crippen LogP contribution < -0.4 is 0 Å². The van der Waals surface area contributed by atoms with Crippen LogP contribution in [0.4, 0.5) is 0 Å². The first-order valence-electron chi connectivity index (χ1n) is 11.4. The van der Waals surface area contributed by atoms with Gasteiger partial charge in [0.2, 0.25) is 0 Å². The SMILES string of the molecule is CO[C@@H]1OC[C@H](OS(=O)(=O)c2ccc(C)cc2)[C@@H](OC(=O)c2ccccc2)[C@H]1OC(=O)c1ccccc1. The van der Waals surface area contributed by atoms with Crippen LogP contribution in [0.2, 0.25) is 0 Å². The Bertz CT molecular complexity index is 1310. The summed E-state index contributed by atoms with van der Waals surface area (Å²) in [6.07, 6.45) is -5.20. The van der Waals surface area contributed by atoms with Gasteiger partial charge < -0.3 is 18.9 Å². The van der Waals surface area contributed by atoms with Crippen molar-refractivity contribution in [2.45, 2.75) is 36.4 Å². The quantitative estimate of drug-likeness (QED) is 0.321. The van der Waals surface area contributed by atoms with Crippen LogP contribution >= 0.6 is 0 Å². The van der Waals surface area contributed by atoms with Crippen LogP contribution in [0.15, 0.2) is 89.8 Å². The van der Waals surface area contributed by atoms with Crippen molar-refractivity contribution in [3.63, 3.8) is 0 Å². The predicted molar refractivity (Wildman–Crippen MR) is 131 cm³/mol. The summed E-state index contributed by atoms with van der Waals surface area (Å²) in [5, 5.41) is 0. The second-order valence-corrected chi connectivity index (χ2v) is 9.88. The molecule has 3 aromatic carbocycles. The van der Waals surface area contributed by atoms with Gasteiger partial charge >= 0.3 is 11.9 Å². The molecule has 9 nitrogen and oxygen atoms in total. The zero-order chi connectivity index (χ0) is 26.4. The number of benzene rings is 3. The Hall–Kier alpha value is -3.57. The highest BCUT2D eigenvalue weighted by Crippen LogP contribution is 2.28. The number of carbonyl (C=O) groups is 2. The Morgan fingerprint density at radius 2 is 1.30 bits per heavy atom. The van der Waals surface area contributed by atoms with Crippen LogP contribution in [0.1, 0.15) is 26.3 Å². The van der Waals surface area contributed by atoms with Crippen LogP contribution in [0.25, 0.3) is 0 Å². The third-order valence-electron chi connectivity index (χ3n) is 5.68. The van der Waals surface area contributed by atoms with Crippen molar-refractivity contribution in [2.24, 2.45) is 0 Å². The molecule has 0 aromatic heterocycles. The summed E-state index contributed by atoms with van der Waals surface area (Å²) >= 11 is 0. The van der Waals surface area contributed by atoms with Crippen LogP contribution in [0.5, 0.6) is 0 Å². The second-order valence-electron chi connectivity index (χ2n) is 8.31. The highest BCUT2D eigenvalue weighted by molar-refractivity contribution is 7.86. The van der Waals surface area contributed by atoms with Gasteiger partial charge in [-0.25, -0.2) is 9.59 Å². The highest BCUT2D eigenvalue weighted by atomic mass is 32.2. The summed E-state index contributed by atoms with van der Waals surface area (Å²) in [7, 11) is -2.96. The molecule has 194 valence electrons. The molecule has 0 radical (unpaired) electrons. The molecule has 1 aliphatic heterocycles. The van der Waals surface area contributed by atoms with Gasteiger partial charge in [0.25, 0.3) is 10.1 Å². The number of hydrogen-bond acceptors (Lipinski definition) is 9. The van der Waals surface area contributed by atoms with Crippen molar-refractivity contribution in [1.29, 1.82) is 0 Å². The molecule has 10 heteroatoms. The van der Waals surface area contributed by atoms with E-state index < -0.39 is 46.7 Å². The smallest absolute Gasteiger partial charge is 0.338 e. The molecule has 0 unspecified atom stereocenters. The van der Waals surface area contributed by atoms with E-state index in [4.69, 9.17) is 23.1 Å². The predicted octanol–water partition coefficient (Wildman–Crippen LogP) is 3.52. The minimum Gasteiger partial charge on any atom is -0.452 e. The van der Waals surface area contributed by atoms with Crippen molar-refractivity contribution in [2.75, 3.05) is 13.7 Å². The summed E-state index contributed by atoms with van der Waals surface area (Å²) in [6.45, 7) is 1.51. The first-order chi connectivity index (χ1) is 17.8. The van der Waals surface area contributed by atoms with Crippen LogP contribution in [0, 0.1) is 6.92 Å². The van der Waals surface area contributed by atoms with Gasteiger partial charge in [-0.15, -0.1) is 0 Å². The second kappa shape index (κ2) is 11.7. The Morgan fingerprint density at radius 3 is 1.81 bits per heavy atom. The minimum absolute atomic E-state index is 0.0852. The number of aryl methyl sites for hydroxylation is 1. The van der Waals surface area contributed by atoms with Gasteiger partial charge in [0.05, 0.1) is 22.6 Å². The molecule has 4 atom stereocenters. The summed E-state index contributed by atoms with van der Waals surface area (Å²) in [5.74, 6) is -1.50. The van der Waals surface area contributed by atoms with Gasteiger partial charge in [-0.2, -0.15) is 8.42 Å². The van der Waals surface area contributed by atoms with Gasteiger partial charge in [-0.05, 0) is 43.3 Å². The maximum Gasteiger partial charge on any atom is 0.338 e. The maximum absolute atomic E-state index is 13.1. The van der Waals surface area contributed by atoms with E-state index in [-0.39, 0.29) is 22.6 Å². The van der Waals surface area contributed by atoms with Crippen molar-refractivity contribution >= 4 is 22.1 Å². The van der Waals surface area contributed by atoms with Crippen molar-refractivity contribution in [3.05, 3.63) is 102 Å². The van der Waals surface area contributed by atoms with E-state index in [1.54, 1.807) is 72.8 Å². The molecule has 3 aromatic rings. The fraction of sp³-hybridized carbons (Fsp3) is 0.259. The molecule has 1 saturated heterocycles. The molecule has 0 N–H and O–H groups in total. The normalized spacial score (nSPS) is 21.7. The van der Waals surface area contributed by atoms with Crippen molar-refractivity contribution in [1.82, 2.24) is 0 Å². The monoisotopic (exact) mass is 526 g/mol. The van der Waals surface area contributed by atoms with E-state index in [0.717, 1.165) is 5.56 Å². The van der Waals surface area contributed by atoms with Gasteiger partial charge in [0.15, 0.2) is 18.5 Å². The van der Waals surface area contributed by atoms with Gasteiger partial charge in [-0.1, -0.05) is 54.1 Å². The summed E-state index contributed by atoms with van der Waals surface area (Å²) in [5.41, 5.74) is 1.32. The van der Waals surface area contributed by atoms with E-state index in [1.807, 2.05) is 6.92 Å². The largest absolute Gasteiger partial charge is 0.452 e. The van der Waals surface area contributed by atoms with E-state index in [2.05, 4.69) is 0 Å². The number of ether oxygens (including phenoxy) is 4. The molecule has 0 aliphatic carbocycles. The fourth-order valence-electron chi connectivity index (χ4n) is 3.75. The highest BCUT2D eigenvalue weighted by Gasteiger charge is 2.48. The summed E-state index contributed by atoms with van der Waals surface area (Å²) in [4.78, 5) is 25.8.